The van der Waals surface area contributed by atoms with E-state index in [0.29, 0.717) is 0 Å². The molecule has 0 aromatic heterocycles. The molecule has 0 aliphatic rings. The van der Waals surface area contributed by atoms with Crippen LogP contribution in [0.1, 0.15) is 10.4 Å². The summed E-state index contributed by atoms with van der Waals surface area (Å²) in [5.74, 6) is -2.09. The Morgan fingerprint density at radius 3 is 2.52 bits per heavy atom. The molecule has 0 saturated heterocycles. The highest BCUT2D eigenvalue weighted by molar-refractivity contribution is 5.95. The van der Waals surface area contributed by atoms with Crippen LogP contribution in [0.4, 0.5) is 5.69 Å². The van der Waals surface area contributed by atoms with Crippen LogP contribution in [0.15, 0.2) is 24.3 Å². The topological polar surface area (TPSA) is 128 Å². The summed E-state index contributed by atoms with van der Waals surface area (Å²) in [6.07, 6.45) is 0. The lowest BCUT2D eigenvalue weighted by Gasteiger charge is -2.06. The summed E-state index contributed by atoms with van der Waals surface area (Å²) in [7, 11) is 1.41. The molecule has 2 N–H and O–H groups in total. The van der Waals surface area contributed by atoms with Crippen LogP contribution in [0.2, 0.25) is 0 Å². The number of benzene rings is 1. The maximum Gasteiger partial charge on any atom is 0.345 e. The van der Waals surface area contributed by atoms with E-state index in [-0.39, 0.29) is 12.1 Å². The zero-order chi connectivity index (χ0) is 15.8. The monoisotopic (exact) mass is 295 g/mol. The van der Waals surface area contributed by atoms with Gasteiger partial charge in [-0.2, -0.15) is 0 Å². The van der Waals surface area contributed by atoms with Crippen molar-refractivity contribution in [2.45, 2.75) is 0 Å². The molecule has 112 valence electrons. The third kappa shape index (κ3) is 4.90. The zero-order valence-electron chi connectivity index (χ0n) is 11.1. The van der Waals surface area contributed by atoms with Crippen LogP contribution in [0.5, 0.6) is 0 Å². The molecule has 0 fully saturated rings. The summed E-state index contributed by atoms with van der Waals surface area (Å²) in [6, 6.07) is 5.23. The smallest absolute Gasteiger partial charge is 0.345 e. The lowest BCUT2D eigenvalue weighted by molar-refractivity contribution is -0.385. The van der Waals surface area contributed by atoms with E-state index in [1.54, 1.807) is 0 Å². The molecule has 0 bridgehead atoms. The van der Waals surface area contributed by atoms with E-state index in [1.165, 1.54) is 25.2 Å². The number of carbonyl (C=O) groups excluding carboxylic acids is 3. The predicted molar refractivity (Wildman–Crippen MR) is 70.5 cm³/mol. The molecule has 0 saturated carbocycles. The molecule has 0 radical (unpaired) electrons. The number of nitro groups is 1. The van der Waals surface area contributed by atoms with Crippen LogP contribution in [0.25, 0.3) is 0 Å². The van der Waals surface area contributed by atoms with Crippen LogP contribution in [-0.2, 0) is 14.3 Å². The van der Waals surface area contributed by atoms with E-state index in [0.717, 1.165) is 6.07 Å². The third-order valence-corrected chi connectivity index (χ3v) is 2.38. The molecular weight excluding hydrogens is 282 g/mol. The maximum atomic E-state index is 11.7. The number of nitrogens with zero attached hydrogens (tertiary/aromatic N) is 1. The molecule has 1 aromatic carbocycles. The fourth-order valence-electron chi connectivity index (χ4n) is 1.33. The van der Waals surface area contributed by atoms with Gasteiger partial charge in [0.1, 0.15) is 5.56 Å². The quantitative estimate of drug-likeness (QED) is 0.418. The molecule has 9 nitrogen and oxygen atoms in total. The van der Waals surface area contributed by atoms with E-state index < -0.39 is 35.0 Å². The summed E-state index contributed by atoms with van der Waals surface area (Å²) >= 11 is 0. The van der Waals surface area contributed by atoms with Gasteiger partial charge in [0.25, 0.3) is 11.6 Å². The molecule has 0 heterocycles. The van der Waals surface area contributed by atoms with Crippen molar-refractivity contribution in [3.05, 3.63) is 39.9 Å². The molecule has 21 heavy (non-hydrogen) atoms. The van der Waals surface area contributed by atoms with Gasteiger partial charge in [-0.25, -0.2) is 4.79 Å². The van der Waals surface area contributed by atoms with E-state index in [4.69, 9.17) is 0 Å². The Bertz CT molecular complexity index is 572. The molecule has 1 rings (SSSR count). The number of nitrogens with one attached hydrogen (secondary N) is 2. The number of likely N-dealkylation sites (N-methyl/N-ethyl adjacent to an activating group) is 1. The van der Waals surface area contributed by atoms with Crippen molar-refractivity contribution >= 4 is 23.5 Å². The number of amides is 2. The van der Waals surface area contributed by atoms with Gasteiger partial charge in [0.15, 0.2) is 6.61 Å². The van der Waals surface area contributed by atoms with Crippen LogP contribution >= 0.6 is 0 Å². The summed E-state index contributed by atoms with van der Waals surface area (Å²) in [6.45, 7) is -0.889. The van der Waals surface area contributed by atoms with Crippen molar-refractivity contribution in [3.8, 4) is 0 Å². The fraction of sp³-hybridized carbons (Fsp3) is 0.250. The number of para-hydroxylation sites is 1. The summed E-state index contributed by atoms with van der Waals surface area (Å²) in [4.78, 5) is 43.9. The average molecular weight is 295 g/mol. The van der Waals surface area contributed by atoms with Gasteiger partial charge >= 0.3 is 5.97 Å². The molecule has 0 unspecified atom stereocenters. The van der Waals surface area contributed by atoms with Crippen molar-refractivity contribution in [1.29, 1.82) is 0 Å². The van der Waals surface area contributed by atoms with Crippen molar-refractivity contribution < 1.29 is 24.0 Å². The second kappa shape index (κ2) is 7.58. The number of rotatable bonds is 6. The number of esters is 1. The van der Waals surface area contributed by atoms with E-state index in [9.17, 15) is 24.5 Å². The van der Waals surface area contributed by atoms with E-state index >= 15 is 0 Å². The number of hydrogen-bond donors (Lipinski definition) is 2. The minimum atomic E-state index is -0.989. The van der Waals surface area contributed by atoms with Crippen LogP contribution in [0.3, 0.4) is 0 Å². The van der Waals surface area contributed by atoms with Crippen LogP contribution < -0.4 is 10.6 Å². The van der Waals surface area contributed by atoms with Crippen LogP contribution in [0, 0.1) is 10.1 Å². The molecule has 2 amide bonds. The second-order valence-electron chi connectivity index (χ2n) is 3.80. The number of carbonyl (C=O) groups is 3. The summed E-state index contributed by atoms with van der Waals surface area (Å²) in [5.41, 5.74) is -0.658. The van der Waals surface area contributed by atoms with Gasteiger partial charge in [0.2, 0.25) is 5.91 Å². The molecule has 0 atom stereocenters. The van der Waals surface area contributed by atoms with Gasteiger partial charge in [0, 0.05) is 13.1 Å². The first-order chi connectivity index (χ1) is 9.95. The average Bonchev–Trinajstić information content (AvgIpc) is 2.49. The standard InChI is InChI=1S/C12H13N3O6/c1-13-10(16)6-14-11(17)7-21-12(18)8-4-2-3-5-9(8)15(19)20/h2-5H,6-7H2,1H3,(H,13,16)(H,14,17). The second-order valence-corrected chi connectivity index (χ2v) is 3.80. The van der Waals surface area contributed by atoms with Gasteiger partial charge < -0.3 is 15.4 Å². The molecular formula is C12H13N3O6. The van der Waals surface area contributed by atoms with E-state index in [1.807, 2.05) is 0 Å². The predicted octanol–water partition coefficient (Wildman–Crippen LogP) is -0.386. The van der Waals surface area contributed by atoms with Gasteiger partial charge in [-0.1, -0.05) is 12.1 Å². The van der Waals surface area contributed by atoms with Crippen molar-refractivity contribution in [2.24, 2.45) is 0 Å². The number of hydrogen-bond acceptors (Lipinski definition) is 6. The highest BCUT2D eigenvalue weighted by Crippen LogP contribution is 2.18. The van der Waals surface area contributed by atoms with Gasteiger partial charge in [-0.05, 0) is 6.07 Å². The van der Waals surface area contributed by atoms with Crippen molar-refractivity contribution in [3.63, 3.8) is 0 Å². The van der Waals surface area contributed by atoms with Crippen LogP contribution in [-0.4, -0.2) is 42.9 Å². The largest absolute Gasteiger partial charge is 0.452 e. The Balaban J connectivity index is 2.57. The van der Waals surface area contributed by atoms with Gasteiger partial charge in [-0.15, -0.1) is 0 Å². The Kier molecular flexibility index (Phi) is 5.80. The van der Waals surface area contributed by atoms with Gasteiger partial charge in [0.05, 0.1) is 11.5 Å². The zero-order valence-corrected chi connectivity index (χ0v) is 11.1. The highest BCUT2D eigenvalue weighted by Gasteiger charge is 2.21. The first kappa shape index (κ1) is 16.1. The Morgan fingerprint density at radius 1 is 1.24 bits per heavy atom. The first-order valence-corrected chi connectivity index (χ1v) is 5.83. The first-order valence-electron chi connectivity index (χ1n) is 5.83. The number of ether oxygens (including phenoxy) is 1. The lowest BCUT2D eigenvalue weighted by Crippen LogP contribution is -2.37. The molecule has 0 aliphatic carbocycles. The van der Waals surface area contributed by atoms with E-state index in [2.05, 4.69) is 15.4 Å². The maximum absolute atomic E-state index is 11.7. The normalized spacial score (nSPS) is 9.57. The minimum Gasteiger partial charge on any atom is -0.452 e. The highest BCUT2D eigenvalue weighted by atomic mass is 16.6. The van der Waals surface area contributed by atoms with Crippen molar-refractivity contribution in [1.82, 2.24) is 10.6 Å². The molecule has 0 spiro atoms. The fourth-order valence-corrected chi connectivity index (χ4v) is 1.33. The number of nitro benzene ring substituents is 1. The molecule has 1 aromatic rings. The lowest BCUT2D eigenvalue weighted by atomic mass is 10.2. The SMILES string of the molecule is CNC(=O)CNC(=O)COC(=O)c1ccccc1[N+](=O)[O-]. The Morgan fingerprint density at radius 2 is 1.90 bits per heavy atom. The summed E-state index contributed by atoms with van der Waals surface area (Å²) in [5, 5.41) is 15.3. The molecule has 9 heteroatoms. The van der Waals surface area contributed by atoms with Crippen molar-refractivity contribution in [2.75, 3.05) is 20.2 Å². The minimum absolute atomic E-state index is 0.249. The Labute approximate surface area is 119 Å². The Hall–Kier alpha value is -2.97. The summed E-state index contributed by atoms with van der Waals surface area (Å²) < 4.78 is 4.66. The third-order valence-electron chi connectivity index (χ3n) is 2.38. The molecule has 0 aliphatic heterocycles. The van der Waals surface area contributed by atoms with Gasteiger partial charge in [-0.3, -0.25) is 19.7 Å².